The molecule has 2 rings (SSSR count). The van der Waals surface area contributed by atoms with Crippen LogP contribution in [0.15, 0.2) is 47.4 Å². The van der Waals surface area contributed by atoms with Crippen molar-refractivity contribution >= 4 is 21.6 Å². The Morgan fingerprint density at radius 1 is 1.14 bits per heavy atom. The van der Waals surface area contributed by atoms with E-state index in [-0.39, 0.29) is 16.5 Å². The topological polar surface area (TPSA) is 75.3 Å². The van der Waals surface area contributed by atoms with Gasteiger partial charge in [0.25, 0.3) is 15.9 Å². The third kappa shape index (κ3) is 3.43. The highest BCUT2D eigenvalue weighted by Gasteiger charge is 2.17. The summed E-state index contributed by atoms with van der Waals surface area (Å²) in [7, 11) is -2.37. The quantitative estimate of drug-likeness (QED) is 0.907. The Balaban J connectivity index is 2.35. The third-order valence-corrected chi connectivity index (χ3v) is 4.57. The molecule has 2 aromatic carbocycles. The molecule has 0 radical (unpaired) electrons. The van der Waals surface area contributed by atoms with Crippen molar-refractivity contribution in [3.63, 3.8) is 0 Å². The number of benzene rings is 2. The summed E-state index contributed by atoms with van der Waals surface area (Å²) in [5.41, 5.74) is 0.887. The maximum absolute atomic E-state index is 13.1. The van der Waals surface area contributed by atoms with Crippen molar-refractivity contribution in [2.45, 2.75) is 11.8 Å². The van der Waals surface area contributed by atoms with Gasteiger partial charge in [0.2, 0.25) is 0 Å². The number of sulfonamides is 1. The van der Waals surface area contributed by atoms with E-state index >= 15 is 0 Å². The first kappa shape index (κ1) is 16.0. The molecule has 0 aliphatic rings. The summed E-state index contributed by atoms with van der Waals surface area (Å²) >= 11 is 0. The number of carbonyl (C=O) groups excluding carboxylic acids is 1. The van der Waals surface area contributed by atoms with Crippen LogP contribution in [0.4, 0.5) is 10.1 Å². The van der Waals surface area contributed by atoms with Crippen LogP contribution in [0, 0.1) is 12.7 Å². The van der Waals surface area contributed by atoms with Crippen molar-refractivity contribution in [3.05, 3.63) is 59.4 Å². The van der Waals surface area contributed by atoms with Gasteiger partial charge in [-0.2, -0.15) is 0 Å². The van der Waals surface area contributed by atoms with Crippen LogP contribution in [0.25, 0.3) is 0 Å². The number of hydrogen-bond acceptors (Lipinski definition) is 3. The molecule has 22 heavy (non-hydrogen) atoms. The van der Waals surface area contributed by atoms with Crippen molar-refractivity contribution in [2.24, 2.45) is 0 Å². The maximum atomic E-state index is 13.1. The van der Waals surface area contributed by atoms with Gasteiger partial charge in [-0.05, 0) is 48.9 Å². The summed E-state index contributed by atoms with van der Waals surface area (Å²) in [6, 6.07) is 9.53. The van der Waals surface area contributed by atoms with Crippen LogP contribution in [-0.4, -0.2) is 21.4 Å². The lowest BCUT2D eigenvalue weighted by Gasteiger charge is -2.11. The first-order valence-electron chi connectivity index (χ1n) is 6.44. The van der Waals surface area contributed by atoms with Crippen LogP contribution in [0.5, 0.6) is 0 Å². The van der Waals surface area contributed by atoms with Gasteiger partial charge in [-0.25, -0.2) is 12.8 Å². The van der Waals surface area contributed by atoms with Crippen molar-refractivity contribution in [1.82, 2.24) is 5.32 Å². The molecular weight excluding hydrogens is 307 g/mol. The van der Waals surface area contributed by atoms with Crippen LogP contribution < -0.4 is 10.0 Å². The first-order chi connectivity index (χ1) is 10.3. The number of aryl methyl sites for hydroxylation is 1. The van der Waals surface area contributed by atoms with E-state index in [4.69, 9.17) is 0 Å². The molecule has 1 amide bonds. The number of nitrogens with one attached hydrogen (secondary N) is 2. The van der Waals surface area contributed by atoms with E-state index in [1.807, 2.05) is 0 Å². The van der Waals surface area contributed by atoms with E-state index in [1.165, 1.54) is 32.2 Å². The Bertz CT molecular complexity index is 819. The number of halogens is 1. The van der Waals surface area contributed by atoms with Gasteiger partial charge in [0.15, 0.2) is 0 Å². The number of hydrogen-bond donors (Lipinski definition) is 2. The Hall–Kier alpha value is -2.41. The van der Waals surface area contributed by atoms with E-state index < -0.39 is 15.8 Å². The van der Waals surface area contributed by atoms with Gasteiger partial charge in [0.05, 0.1) is 4.90 Å². The van der Waals surface area contributed by atoms with Crippen molar-refractivity contribution < 1.29 is 17.6 Å². The van der Waals surface area contributed by atoms with E-state index in [0.717, 1.165) is 12.1 Å². The van der Waals surface area contributed by atoms with E-state index in [1.54, 1.807) is 12.1 Å². The molecule has 0 saturated carbocycles. The Labute approximate surface area is 128 Å². The minimum atomic E-state index is -3.86. The first-order valence-corrected chi connectivity index (χ1v) is 7.93. The molecule has 0 aliphatic heterocycles. The molecule has 0 spiro atoms. The molecule has 5 nitrogen and oxygen atoms in total. The fourth-order valence-corrected chi connectivity index (χ4v) is 3.27. The van der Waals surface area contributed by atoms with E-state index in [2.05, 4.69) is 10.0 Å². The molecule has 0 saturated heterocycles. The van der Waals surface area contributed by atoms with Crippen molar-refractivity contribution in [3.8, 4) is 0 Å². The molecule has 0 bridgehead atoms. The molecule has 0 aromatic heterocycles. The second-order valence-electron chi connectivity index (χ2n) is 4.68. The molecule has 7 heteroatoms. The predicted octanol–water partition coefficient (Wildman–Crippen LogP) is 2.29. The van der Waals surface area contributed by atoms with E-state index in [9.17, 15) is 17.6 Å². The lowest BCUT2D eigenvalue weighted by molar-refractivity contribution is 0.0963. The summed E-state index contributed by atoms with van der Waals surface area (Å²) in [5, 5.41) is 2.46. The maximum Gasteiger partial charge on any atom is 0.262 e. The molecular formula is C15H15FN2O3S. The zero-order chi connectivity index (χ0) is 16.3. The number of amides is 1. The molecule has 0 heterocycles. The summed E-state index contributed by atoms with van der Waals surface area (Å²) in [6.07, 6.45) is 0. The zero-order valence-corrected chi connectivity index (χ0v) is 12.9. The standard InChI is InChI=1S/C15H15FN2O3S/c1-10-8-12(16)6-7-14(10)22(20,21)18-13-5-3-4-11(9-13)15(19)17-2/h3-9,18H,1-2H3,(H,17,19). The molecule has 0 atom stereocenters. The fraction of sp³-hybridized carbons (Fsp3) is 0.133. The molecule has 2 N–H and O–H groups in total. The Kier molecular flexibility index (Phi) is 4.46. The highest BCUT2D eigenvalue weighted by Crippen LogP contribution is 2.20. The monoisotopic (exact) mass is 322 g/mol. The summed E-state index contributed by atoms with van der Waals surface area (Å²) in [4.78, 5) is 11.5. The lowest BCUT2D eigenvalue weighted by Crippen LogP contribution is -2.18. The highest BCUT2D eigenvalue weighted by molar-refractivity contribution is 7.92. The van der Waals surface area contributed by atoms with Crippen LogP contribution >= 0.6 is 0 Å². The van der Waals surface area contributed by atoms with Gasteiger partial charge in [-0.3, -0.25) is 9.52 Å². The van der Waals surface area contributed by atoms with Crippen LogP contribution in [0.1, 0.15) is 15.9 Å². The average molecular weight is 322 g/mol. The van der Waals surface area contributed by atoms with Crippen LogP contribution in [-0.2, 0) is 10.0 Å². The van der Waals surface area contributed by atoms with Gasteiger partial charge in [0.1, 0.15) is 5.82 Å². The predicted molar refractivity (Wildman–Crippen MR) is 81.8 cm³/mol. The number of carbonyl (C=O) groups is 1. The summed E-state index contributed by atoms with van der Waals surface area (Å²) in [6.45, 7) is 1.51. The fourth-order valence-electron chi connectivity index (χ4n) is 1.99. The molecule has 116 valence electrons. The largest absolute Gasteiger partial charge is 0.355 e. The molecule has 2 aromatic rings. The highest BCUT2D eigenvalue weighted by atomic mass is 32.2. The van der Waals surface area contributed by atoms with Gasteiger partial charge in [-0.15, -0.1) is 0 Å². The normalized spacial score (nSPS) is 11.0. The third-order valence-electron chi connectivity index (χ3n) is 3.03. The molecule has 0 unspecified atom stereocenters. The van der Waals surface area contributed by atoms with Crippen LogP contribution in [0.2, 0.25) is 0 Å². The van der Waals surface area contributed by atoms with Gasteiger partial charge in [0, 0.05) is 18.3 Å². The SMILES string of the molecule is CNC(=O)c1cccc(NS(=O)(=O)c2ccc(F)cc2C)c1. The van der Waals surface area contributed by atoms with Gasteiger partial charge < -0.3 is 5.32 Å². The zero-order valence-electron chi connectivity index (χ0n) is 12.1. The second-order valence-corrected chi connectivity index (χ2v) is 6.33. The summed E-state index contributed by atoms with van der Waals surface area (Å²) in [5.74, 6) is -0.822. The smallest absolute Gasteiger partial charge is 0.262 e. The second kappa shape index (κ2) is 6.15. The number of anilines is 1. The molecule has 0 fully saturated rings. The average Bonchev–Trinajstić information content (AvgIpc) is 2.45. The van der Waals surface area contributed by atoms with Crippen molar-refractivity contribution in [1.29, 1.82) is 0 Å². The molecule has 0 aliphatic carbocycles. The van der Waals surface area contributed by atoms with Crippen molar-refractivity contribution in [2.75, 3.05) is 11.8 Å². The Morgan fingerprint density at radius 3 is 2.50 bits per heavy atom. The lowest BCUT2D eigenvalue weighted by atomic mass is 10.2. The Morgan fingerprint density at radius 2 is 1.86 bits per heavy atom. The van der Waals surface area contributed by atoms with Gasteiger partial charge in [-0.1, -0.05) is 6.07 Å². The van der Waals surface area contributed by atoms with Gasteiger partial charge >= 0.3 is 0 Å². The minimum Gasteiger partial charge on any atom is -0.355 e. The summed E-state index contributed by atoms with van der Waals surface area (Å²) < 4.78 is 40.2. The van der Waals surface area contributed by atoms with Crippen LogP contribution in [0.3, 0.4) is 0 Å². The van der Waals surface area contributed by atoms with E-state index in [0.29, 0.717) is 11.1 Å². The number of rotatable bonds is 4. The minimum absolute atomic E-state index is 0.0146.